The molecule has 1 aliphatic carbocycles. The van der Waals surface area contributed by atoms with Crippen molar-refractivity contribution in [2.45, 2.75) is 45.1 Å². The molecule has 6 nitrogen and oxygen atoms in total. The second-order valence-electron chi connectivity index (χ2n) is 6.38. The number of aromatic nitrogens is 3. The molecule has 0 aromatic carbocycles. The van der Waals surface area contributed by atoms with Gasteiger partial charge in [-0.15, -0.1) is 5.10 Å². The zero-order valence-corrected chi connectivity index (χ0v) is 12.8. The lowest BCUT2D eigenvalue weighted by Crippen LogP contribution is -2.42. The van der Waals surface area contributed by atoms with Gasteiger partial charge >= 0.3 is 0 Å². The van der Waals surface area contributed by atoms with Gasteiger partial charge in [-0.05, 0) is 39.3 Å². The largest absolute Gasteiger partial charge is 0.345 e. The summed E-state index contributed by atoms with van der Waals surface area (Å²) in [7, 11) is 4.02. The molecule has 0 radical (unpaired) electrons. The summed E-state index contributed by atoms with van der Waals surface area (Å²) in [4.78, 5) is 18.6. The van der Waals surface area contributed by atoms with Gasteiger partial charge in [0, 0.05) is 18.5 Å². The van der Waals surface area contributed by atoms with E-state index in [2.05, 4.69) is 39.2 Å². The average Bonchev–Trinajstić information content (AvgIpc) is 3.05. The smallest absolute Gasteiger partial charge is 0.291 e. The van der Waals surface area contributed by atoms with Crippen molar-refractivity contribution >= 4 is 5.91 Å². The average molecular weight is 279 g/mol. The van der Waals surface area contributed by atoms with Gasteiger partial charge in [0.2, 0.25) is 5.82 Å². The van der Waals surface area contributed by atoms with Crippen molar-refractivity contribution in [2.24, 2.45) is 5.92 Å². The van der Waals surface area contributed by atoms with E-state index in [1.807, 2.05) is 14.1 Å². The van der Waals surface area contributed by atoms with Crippen molar-refractivity contribution < 1.29 is 4.79 Å². The van der Waals surface area contributed by atoms with Crippen molar-refractivity contribution in [3.63, 3.8) is 0 Å². The Morgan fingerprint density at radius 3 is 2.70 bits per heavy atom. The Labute approximate surface area is 120 Å². The predicted molar refractivity (Wildman–Crippen MR) is 77.6 cm³/mol. The Balaban J connectivity index is 1.94. The minimum atomic E-state index is -0.180. The molecule has 1 atom stereocenters. The van der Waals surface area contributed by atoms with Crippen LogP contribution in [0.15, 0.2) is 0 Å². The number of aromatic amines is 1. The van der Waals surface area contributed by atoms with Crippen LogP contribution in [0, 0.1) is 5.92 Å². The highest BCUT2D eigenvalue weighted by atomic mass is 16.2. The molecule has 2 N–H and O–H groups in total. The summed E-state index contributed by atoms with van der Waals surface area (Å²) in [6, 6.07) is 0.125. The summed E-state index contributed by atoms with van der Waals surface area (Å²) in [6.07, 6.45) is 3.24. The van der Waals surface area contributed by atoms with E-state index in [4.69, 9.17) is 0 Å². The predicted octanol–water partition coefficient (Wildman–Crippen LogP) is 1.39. The highest BCUT2D eigenvalue weighted by Crippen LogP contribution is 2.37. The van der Waals surface area contributed by atoms with Crippen molar-refractivity contribution in [3.05, 3.63) is 11.6 Å². The third-order valence-electron chi connectivity index (χ3n) is 3.35. The fraction of sp³-hybridized carbons (Fsp3) is 0.786. The van der Waals surface area contributed by atoms with Gasteiger partial charge in [-0.3, -0.25) is 9.89 Å². The molecular formula is C14H25N5O. The molecule has 1 unspecified atom stereocenters. The van der Waals surface area contributed by atoms with E-state index in [0.29, 0.717) is 11.8 Å². The molecule has 0 aliphatic heterocycles. The van der Waals surface area contributed by atoms with E-state index in [9.17, 15) is 4.79 Å². The van der Waals surface area contributed by atoms with Crippen LogP contribution in [0.5, 0.6) is 0 Å². The SMILES string of the molecule is CC(C)CC(CN(C)C)NC(=O)c1n[nH]c(C2CC2)n1. The minimum Gasteiger partial charge on any atom is -0.345 e. The Bertz CT molecular complexity index is 440. The number of carbonyl (C=O) groups excluding carboxylic acids is 1. The number of H-pyrrole nitrogens is 1. The third kappa shape index (κ3) is 4.30. The van der Waals surface area contributed by atoms with Crippen LogP contribution in [-0.2, 0) is 0 Å². The summed E-state index contributed by atoms with van der Waals surface area (Å²) in [6.45, 7) is 5.14. The van der Waals surface area contributed by atoms with E-state index in [1.165, 1.54) is 0 Å². The van der Waals surface area contributed by atoms with Crippen LogP contribution in [-0.4, -0.2) is 52.7 Å². The van der Waals surface area contributed by atoms with Crippen LogP contribution >= 0.6 is 0 Å². The maximum absolute atomic E-state index is 12.2. The quantitative estimate of drug-likeness (QED) is 0.791. The van der Waals surface area contributed by atoms with Gasteiger partial charge in [-0.25, -0.2) is 4.98 Å². The molecule has 20 heavy (non-hydrogen) atoms. The summed E-state index contributed by atoms with van der Waals surface area (Å²) >= 11 is 0. The number of hydrogen-bond acceptors (Lipinski definition) is 4. The van der Waals surface area contributed by atoms with Crippen molar-refractivity contribution in [1.82, 2.24) is 25.4 Å². The van der Waals surface area contributed by atoms with Crippen LogP contribution < -0.4 is 5.32 Å². The highest BCUT2D eigenvalue weighted by molar-refractivity contribution is 5.90. The van der Waals surface area contributed by atoms with Crippen LogP contribution in [0.4, 0.5) is 0 Å². The second-order valence-corrected chi connectivity index (χ2v) is 6.38. The Kier molecular flexibility index (Phi) is 4.75. The first-order chi connectivity index (χ1) is 9.45. The topological polar surface area (TPSA) is 73.9 Å². The molecule has 1 aromatic heterocycles. The molecule has 0 saturated heterocycles. The van der Waals surface area contributed by atoms with Gasteiger partial charge < -0.3 is 10.2 Å². The molecule has 112 valence electrons. The van der Waals surface area contributed by atoms with Gasteiger partial charge in [0.15, 0.2) is 0 Å². The Hall–Kier alpha value is -1.43. The van der Waals surface area contributed by atoms with Crippen LogP contribution in [0.1, 0.15) is 55.5 Å². The lowest BCUT2D eigenvalue weighted by molar-refractivity contribution is 0.0914. The van der Waals surface area contributed by atoms with Gasteiger partial charge in [0.25, 0.3) is 5.91 Å². The van der Waals surface area contributed by atoms with Crippen molar-refractivity contribution in [2.75, 3.05) is 20.6 Å². The molecule has 6 heteroatoms. The molecule has 0 bridgehead atoms. The number of amides is 1. The molecule has 1 fully saturated rings. The first-order valence-corrected chi connectivity index (χ1v) is 7.33. The molecule has 1 amide bonds. The number of hydrogen-bond donors (Lipinski definition) is 2. The maximum atomic E-state index is 12.2. The first-order valence-electron chi connectivity index (χ1n) is 7.33. The minimum absolute atomic E-state index is 0.125. The number of likely N-dealkylation sites (N-methyl/N-ethyl adjacent to an activating group) is 1. The van der Waals surface area contributed by atoms with Crippen molar-refractivity contribution in [1.29, 1.82) is 0 Å². The Morgan fingerprint density at radius 1 is 1.45 bits per heavy atom. The highest BCUT2D eigenvalue weighted by Gasteiger charge is 2.28. The lowest BCUT2D eigenvalue weighted by Gasteiger charge is -2.23. The second kappa shape index (κ2) is 6.35. The molecule has 1 aromatic rings. The van der Waals surface area contributed by atoms with Crippen molar-refractivity contribution in [3.8, 4) is 0 Å². The van der Waals surface area contributed by atoms with Gasteiger partial charge in [-0.2, -0.15) is 0 Å². The number of carbonyl (C=O) groups is 1. The monoisotopic (exact) mass is 279 g/mol. The van der Waals surface area contributed by atoms with Crippen LogP contribution in [0.3, 0.4) is 0 Å². The van der Waals surface area contributed by atoms with E-state index in [-0.39, 0.29) is 17.8 Å². The molecule has 0 spiro atoms. The number of nitrogens with zero attached hydrogens (tertiary/aromatic N) is 3. The van der Waals surface area contributed by atoms with Crippen LogP contribution in [0.2, 0.25) is 0 Å². The Morgan fingerprint density at radius 2 is 2.15 bits per heavy atom. The normalized spacial score (nSPS) is 16.7. The summed E-state index contributed by atoms with van der Waals surface area (Å²) in [5, 5.41) is 9.94. The van der Waals surface area contributed by atoms with E-state index >= 15 is 0 Å². The fourth-order valence-electron chi connectivity index (χ4n) is 2.35. The fourth-order valence-corrected chi connectivity index (χ4v) is 2.35. The first kappa shape index (κ1) is 15.0. The molecule has 1 aliphatic rings. The maximum Gasteiger partial charge on any atom is 0.291 e. The third-order valence-corrected chi connectivity index (χ3v) is 3.35. The molecular weight excluding hydrogens is 254 g/mol. The molecule has 1 heterocycles. The van der Waals surface area contributed by atoms with Gasteiger partial charge in [0.1, 0.15) is 5.82 Å². The van der Waals surface area contributed by atoms with E-state index in [1.54, 1.807) is 0 Å². The number of nitrogens with one attached hydrogen (secondary N) is 2. The van der Waals surface area contributed by atoms with Crippen LogP contribution in [0.25, 0.3) is 0 Å². The van der Waals surface area contributed by atoms with Gasteiger partial charge in [0.05, 0.1) is 0 Å². The van der Waals surface area contributed by atoms with E-state index < -0.39 is 0 Å². The lowest BCUT2D eigenvalue weighted by atomic mass is 10.0. The zero-order chi connectivity index (χ0) is 14.7. The molecule has 1 saturated carbocycles. The standard InChI is InChI=1S/C14H25N5O/c1-9(2)7-11(8-19(3)4)15-14(20)13-16-12(17-18-13)10-5-6-10/h9-11H,5-8H2,1-4H3,(H,15,20)(H,16,17,18). The van der Waals surface area contributed by atoms with Gasteiger partial charge in [-0.1, -0.05) is 13.8 Å². The molecule has 2 rings (SSSR count). The number of rotatable bonds is 7. The summed E-state index contributed by atoms with van der Waals surface area (Å²) in [5.41, 5.74) is 0. The zero-order valence-electron chi connectivity index (χ0n) is 12.8. The summed E-state index contributed by atoms with van der Waals surface area (Å²) < 4.78 is 0. The summed E-state index contributed by atoms with van der Waals surface area (Å²) in [5.74, 6) is 1.95. The van der Waals surface area contributed by atoms with E-state index in [0.717, 1.165) is 31.6 Å².